The maximum atomic E-state index is 13.6. The summed E-state index contributed by atoms with van der Waals surface area (Å²) < 4.78 is 7.41. The van der Waals surface area contributed by atoms with Crippen LogP contribution >= 0.6 is 11.6 Å². The maximum absolute atomic E-state index is 13.6. The summed E-state index contributed by atoms with van der Waals surface area (Å²) in [6, 6.07) is 10.9. The van der Waals surface area contributed by atoms with Crippen molar-refractivity contribution in [3.8, 4) is 11.3 Å². The van der Waals surface area contributed by atoms with Gasteiger partial charge in [0.15, 0.2) is 0 Å². The zero-order valence-electron chi connectivity index (χ0n) is 18.9. The highest BCUT2D eigenvalue weighted by Gasteiger charge is 2.30. The highest BCUT2D eigenvalue weighted by Crippen LogP contribution is 2.30. The number of hydrogen-bond acceptors (Lipinski definition) is 6. The third-order valence-corrected chi connectivity index (χ3v) is 6.70. The Labute approximate surface area is 203 Å². The molecule has 0 bridgehead atoms. The number of anilines is 1. The standard InChI is InChI=1S/C25H28ClN5O3/c26-19-4-1-3-17(13-19)23(16-32)31-10-2-9-30-15-18(14-22(30)24(31)33)21-5-8-27-25(29-21)28-20-6-11-34-12-7-20/h1,3-5,8,13-15,20,23,32H,2,6-7,9-12,16H2,(H,27,28,29)/t23-/m1/s1. The molecule has 0 unspecified atom stereocenters. The van der Waals surface area contributed by atoms with Gasteiger partial charge in [-0.05, 0) is 49.1 Å². The molecule has 3 aromatic rings. The molecule has 2 aliphatic heterocycles. The van der Waals surface area contributed by atoms with Crippen molar-refractivity contribution >= 4 is 23.5 Å². The summed E-state index contributed by atoms with van der Waals surface area (Å²) in [4.78, 5) is 24.4. The summed E-state index contributed by atoms with van der Waals surface area (Å²) in [5.41, 5.74) is 3.04. The Morgan fingerprint density at radius 3 is 2.85 bits per heavy atom. The highest BCUT2D eigenvalue weighted by molar-refractivity contribution is 6.30. The minimum absolute atomic E-state index is 0.114. The average molecular weight is 482 g/mol. The van der Waals surface area contributed by atoms with Crippen LogP contribution in [-0.2, 0) is 11.3 Å². The second-order valence-electron chi connectivity index (χ2n) is 8.71. The van der Waals surface area contributed by atoms with Crippen LogP contribution in [0.1, 0.15) is 41.4 Å². The van der Waals surface area contributed by atoms with Gasteiger partial charge in [0.05, 0.1) is 18.3 Å². The Hall–Kier alpha value is -2.94. The van der Waals surface area contributed by atoms with Crippen LogP contribution in [-0.4, -0.2) is 62.9 Å². The van der Waals surface area contributed by atoms with Gasteiger partial charge in [0.2, 0.25) is 5.95 Å². The van der Waals surface area contributed by atoms with Gasteiger partial charge < -0.3 is 24.6 Å². The van der Waals surface area contributed by atoms with E-state index in [-0.39, 0.29) is 12.5 Å². The van der Waals surface area contributed by atoms with Crippen molar-refractivity contribution in [3.63, 3.8) is 0 Å². The molecule has 9 heteroatoms. The number of nitrogens with one attached hydrogen (secondary N) is 1. The zero-order chi connectivity index (χ0) is 23.5. The fourth-order valence-electron chi connectivity index (χ4n) is 4.68. The number of carbonyl (C=O) groups is 1. The van der Waals surface area contributed by atoms with Gasteiger partial charge >= 0.3 is 0 Å². The van der Waals surface area contributed by atoms with Crippen LogP contribution < -0.4 is 5.32 Å². The minimum atomic E-state index is -0.453. The Morgan fingerprint density at radius 2 is 2.06 bits per heavy atom. The predicted molar refractivity (Wildman–Crippen MR) is 130 cm³/mol. The molecule has 178 valence electrons. The fraction of sp³-hybridized carbons (Fsp3) is 0.400. The summed E-state index contributed by atoms with van der Waals surface area (Å²) in [6.45, 7) is 2.58. The Morgan fingerprint density at radius 1 is 1.21 bits per heavy atom. The summed E-state index contributed by atoms with van der Waals surface area (Å²) in [6.07, 6.45) is 6.35. The van der Waals surface area contributed by atoms with E-state index >= 15 is 0 Å². The monoisotopic (exact) mass is 481 g/mol. The SMILES string of the molecule is O=C1c2cc(-c3ccnc(NC4CCOCC4)n3)cn2CCCN1[C@H](CO)c1cccc(Cl)c1. The molecule has 0 aliphatic carbocycles. The van der Waals surface area contributed by atoms with Crippen LogP contribution in [0, 0.1) is 0 Å². The number of ether oxygens (including phenoxy) is 1. The van der Waals surface area contributed by atoms with Gasteiger partial charge in [-0.15, -0.1) is 0 Å². The Balaban J connectivity index is 1.40. The van der Waals surface area contributed by atoms with Gasteiger partial charge in [-0.1, -0.05) is 23.7 Å². The van der Waals surface area contributed by atoms with Crippen LogP contribution in [0.25, 0.3) is 11.3 Å². The van der Waals surface area contributed by atoms with Gasteiger partial charge in [0.25, 0.3) is 5.91 Å². The number of fused-ring (bicyclic) bond motifs is 1. The van der Waals surface area contributed by atoms with Gasteiger partial charge in [-0.25, -0.2) is 9.97 Å². The van der Waals surface area contributed by atoms with Crippen molar-refractivity contribution in [2.45, 2.75) is 37.9 Å². The number of hydrogen-bond donors (Lipinski definition) is 2. The predicted octanol–water partition coefficient (Wildman–Crippen LogP) is 3.77. The molecule has 1 fully saturated rings. The second kappa shape index (κ2) is 10.1. The van der Waals surface area contributed by atoms with Crippen molar-refractivity contribution in [3.05, 3.63) is 65.1 Å². The van der Waals surface area contributed by atoms with E-state index in [1.807, 2.05) is 35.0 Å². The lowest BCUT2D eigenvalue weighted by Gasteiger charge is -2.29. The van der Waals surface area contributed by atoms with Crippen molar-refractivity contribution in [1.29, 1.82) is 0 Å². The normalized spacial score (nSPS) is 17.8. The smallest absolute Gasteiger partial charge is 0.271 e. The molecule has 2 N–H and O–H groups in total. The summed E-state index contributed by atoms with van der Waals surface area (Å²) in [5, 5.41) is 14.1. The van der Waals surface area contributed by atoms with E-state index in [0.29, 0.717) is 35.8 Å². The lowest BCUT2D eigenvalue weighted by Crippen LogP contribution is -2.36. The number of halogens is 1. The molecule has 5 rings (SSSR count). The molecule has 1 saturated heterocycles. The Bertz CT molecular complexity index is 1160. The van der Waals surface area contributed by atoms with E-state index in [1.165, 1.54) is 0 Å². The van der Waals surface area contributed by atoms with Gasteiger partial charge in [-0.2, -0.15) is 0 Å². The van der Waals surface area contributed by atoms with Crippen molar-refractivity contribution in [1.82, 2.24) is 19.4 Å². The number of benzene rings is 1. The number of aliphatic hydroxyl groups is 1. The molecule has 1 amide bonds. The minimum Gasteiger partial charge on any atom is -0.394 e. The van der Waals surface area contributed by atoms with Crippen LogP contribution in [0.2, 0.25) is 5.02 Å². The van der Waals surface area contributed by atoms with Crippen molar-refractivity contribution < 1.29 is 14.6 Å². The van der Waals surface area contributed by atoms with Crippen LogP contribution in [0.4, 0.5) is 5.95 Å². The molecule has 0 saturated carbocycles. The number of carbonyl (C=O) groups excluding carboxylic acids is 1. The van der Waals surface area contributed by atoms with Gasteiger partial charge in [-0.3, -0.25) is 4.79 Å². The molecule has 0 spiro atoms. The third kappa shape index (κ3) is 4.80. The molecule has 0 radical (unpaired) electrons. The quantitative estimate of drug-likeness (QED) is 0.556. The average Bonchev–Trinajstić information content (AvgIpc) is 3.22. The molecule has 34 heavy (non-hydrogen) atoms. The second-order valence-corrected chi connectivity index (χ2v) is 9.15. The van der Waals surface area contributed by atoms with E-state index < -0.39 is 6.04 Å². The van der Waals surface area contributed by atoms with E-state index in [2.05, 4.69) is 10.3 Å². The lowest BCUT2D eigenvalue weighted by molar-refractivity contribution is 0.0595. The number of nitrogens with zero attached hydrogens (tertiary/aromatic N) is 4. The number of aromatic nitrogens is 3. The molecular weight excluding hydrogens is 454 g/mol. The van der Waals surface area contributed by atoms with E-state index in [9.17, 15) is 9.90 Å². The topological polar surface area (TPSA) is 92.5 Å². The molecule has 8 nitrogen and oxygen atoms in total. The molecule has 4 heterocycles. The van der Waals surface area contributed by atoms with E-state index in [4.69, 9.17) is 21.3 Å². The first-order valence-corrected chi connectivity index (χ1v) is 12.1. The first kappa shape index (κ1) is 22.8. The highest BCUT2D eigenvalue weighted by atomic mass is 35.5. The fourth-order valence-corrected chi connectivity index (χ4v) is 4.88. The number of rotatable bonds is 6. The summed E-state index contributed by atoms with van der Waals surface area (Å²) in [7, 11) is 0. The van der Waals surface area contributed by atoms with E-state index in [1.54, 1.807) is 23.2 Å². The molecular formula is C25H28ClN5O3. The van der Waals surface area contributed by atoms with E-state index in [0.717, 1.165) is 49.3 Å². The first-order chi connectivity index (χ1) is 16.6. The largest absolute Gasteiger partial charge is 0.394 e. The van der Waals surface area contributed by atoms with Crippen LogP contribution in [0.5, 0.6) is 0 Å². The number of aryl methyl sites for hydroxylation is 1. The van der Waals surface area contributed by atoms with Gasteiger partial charge in [0.1, 0.15) is 5.69 Å². The zero-order valence-corrected chi connectivity index (χ0v) is 19.6. The molecule has 1 atom stereocenters. The molecule has 2 aromatic heterocycles. The Kier molecular flexibility index (Phi) is 6.80. The maximum Gasteiger partial charge on any atom is 0.271 e. The van der Waals surface area contributed by atoms with Crippen molar-refractivity contribution in [2.75, 3.05) is 31.7 Å². The molecule has 1 aromatic carbocycles. The number of aliphatic hydroxyl groups excluding tert-OH is 1. The van der Waals surface area contributed by atoms with Crippen LogP contribution in [0.15, 0.2) is 48.8 Å². The number of amides is 1. The summed E-state index contributed by atoms with van der Waals surface area (Å²) >= 11 is 6.17. The third-order valence-electron chi connectivity index (χ3n) is 6.46. The van der Waals surface area contributed by atoms with Gasteiger partial charge in [0, 0.05) is 55.3 Å². The lowest BCUT2D eigenvalue weighted by atomic mass is 10.1. The van der Waals surface area contributed by atoms with Crippen molar-refractivity contribution in [2.24, 2.45) is 0 Å². The summed E-state index contributed by atoms with van der Waals surface area (Å²) in [5.74, 6) is 0.470. The van der Waals surface area contributed by atoms with Crippen LogP contribution in [0.3, 0.4) is 0 Å². The first-order valence-electron chi connectivity index (χ1n) is 11.7. The molecule has 2 aliphatic rings.